The van der Waals surface area contributed by atoms with Crippen molar-refractivity contribution in [1.82, 2.24) is 9.62 Å². The molecule has 1 rings (SSSR count). The lowest BCUT2D eigenvalue weighted by molar-refractivity contribution is -0.127. The number of unbranched alkanes of at least 4 members (excludes halogenated alkanes) is 2. The summed E-state index contributed by atoms with van der Waals surface area (Å²) in [7, 11) is -3.59. The summed E-state index contributed by atoms with van der Waals surface area (Å²) in [5, 5.41) is -0.623. The second kappa shape index (κ2) is 11.0. The van der Waals surface area contributed by atoms with Gasteiger partial charge in [0.2, 0.25) is 15.9 Å². The minimum Gasteiger partial charge on any atom is -0.339 e. The summed E-state index contributed by atoms with van der Waals surface area (Å²) in [4.78, 5) is 14.5. The normalized spacial score (nSPS) is 17.8. The van der Waals surface area contributed by atoms with Crippen LogP contribution in [0.5, 0.6) is 0 Å². The first-order valence-corrected chi connectivity index (χ1v) is 11.1. The van der Waals surface area contributed by atoms with Crippen LogP contribution in [0.25, 0.3) is 0 Å². The number of carbonyl (C=O) groups is 1. The monoisotopic (exact) mass is 390 g/mol. The third kappa shape index (κ3) is 6.76. The standard InChI is InChI=1S/C18H31ClN2O3S/c1-4-7-8-11-20-25(23,24)17-14-15(9-10-16(17)19)18(22)21(12-5-2)13-6-3/h9-10,17,20H,4-8,11-14H2,1-3H3. The molecule has 1 unspecified atom stereocenters. The van der Waals surface area contributed by atoms with Gasteiger partial charge in [-0.2, -0.15) is 0 Å². The lowest BCUT2D eigenvalue weighted by Crippen LogP contribution is -2.39. The van der Waals surface area contributed by atoms with Gasteiger partial charge in [0.25, 0.3) is 0 Å². The van der Waals surface area contributed by atoms with Crippen molar-refractivity contribution in [2.24, 2.45) is 0 Å². The zero-order valence-electron chi connectivity index (χ0n) is 15.6. The van der Waals surface area contributed by atoms with Gasteiger partial charge in [0.1, 0.15) is 5.25 Å². The molecule has 1 N–H and O–H groups in total. The first-order chi connectivity index (χ1) is 11.9. The number of sulfonamides is 1. The molecule has 1 atom stereocenters. The van der Waals surface area contributed by atoms with Gasteiger partial charge in [-0.25, -0.2) is 13.1 Å². The Morgan fingerprint density at radius 1 is 1.16 bits per heavy atom. The lowest BCUT2D eigenvalue weighted by Gasteiger charge is -2.26. The molecule has 0 heterocycles. The fourth-order valence-corrected chi connectivity index (χ4v) is 4.71. The summed E-state index contributed by atoms with van der Waals surface area (Å²) in [6.07, 6.45) is 7.87. The van der Waals surface area contributed by atoms with E-state index in [9.17, 15) is 13.2 Å². The molecule has 0 saturated heterocycles. The maximum atomic E-state index is 12.7. The number of allylic oxidation sites excluding steroid dienone is 2. The van der Waals surface area contributed by atoms with E-state index in [0.717, 1.165) is 32.1 Å². The van der Waals surface area contributed by atoms with Crippen molar-refractivity contribution < 1.29 is 13.2 Å². The Bertz CT molecular complexity index is 593. The lowest BCUT2D eigenvalue weighted by atomic mass is 10.0. The van der Waals surface area contributed by atoms with E-state index in [1.54, 1.807) is 17.1 Å². The van der Waals surface area contributed by atoms with Gasteiger partial charge in [-0.05, 0) is 25.3 Å². The summed E-state index contributed by atoms with van der Waals surface area (Å²) in [5.41, 5.74) is 0.509. The molecule has 0 aromatic carbocycles. The van der Waals surface area contributed by atoms with Gasteiger partial charge in [0.05, 0.1) is 0 Å². The van der Waals surface area contributed by atoms with Crippen molar-refractivity contribution in [2.75, 3.05) is 19.6 Å². The summed E-state index contributed by atoms with van der Waals surface area (Å²) in [5.74, 6) is -0.0877. The third-order valence-corrected chi connectivity index (χ3v) is 6.46. The molecular formula is C18H31ClN2O3S. The number of halogens is 1. The van der Waals surface area contributed by atoms with E-state index in [-0.39, 0.29) is 17.4 Å². The smallest absolute Gasteiger partial charge is 0.249 e. The third-order valence-electron chi connectivity index (χ3n) is 4.16. The van der Waals surface area contributed by atoms with Crippen molar-refractivity contribution in [1.29, 1.82) is 0 Å². The van der Waals surface area contributed by atoms with Gasteiger partial charge in [0.15, 0.2) is 0 Å². The van der Waals surface area contributed by atoms with Crippen molar-refractivity contribution >= 4 is 27.5 Å². The van der Waals surface area contributed by atoms with Crippen molar-refractivity contribution in [3.05, 3.63) is 22.8 Å². The highest BCUT2D eigenvalue weighted by Crippen LogP contribution is 2.28. The highest BCUT2D eigenvalue weighted by atomic mass is 35.5. The SMILES string of the molecule is CCCCCNS(=O)(=O)C1CC(C(=O)N(CCC)CCC)=CC=C1Cl. The zero-order chi connectivity index (χ0) is 18.9. The van der Waals surface area contributed by atoms with E-state index in [1.165, 1.54) is 0 Å². The average molecular weight is 391 g/mol. The summed E-state index contributed by atoms with van der Waals surface area (Å²) >= 11 is 6.15. The average Bonchev–Trinajstić information content (AvgIpc) is 2.58. The summed E-state index contributed by atoms with van der Waals surface area (Å²) < 4.78 is 27.7. The Labute approximate surface area is 157 Å². The van der Waals surface area contributed by atoms with Gasteiger partial charge < -0.3 is 4.90 Å². The number of hydrogen-bond donors (Lipinski definition) is 1. The number of carbonyl (C=O) groups excluding carboxylic acids is 1. The van der Waals surface area contributed by atoms with Crippen LogP contribution in [-0.4, -0.2) is 44.1 Å². The molecule has 0 fully saturated rings. The van der Waals surface area contributed by atoms with Gasteiger partial charge in [-0.15, -0.1) is 0 Å². The molecule has 0 aromatic rings. The maximum Gasteiger partial charge on any atom is 0.249 e. The van der Waals surface area contributed by atoms with Gasteiger partial charge in [0, 0.05) is 36.7 Å². The van der Waals surface area contributed by atoms with Crippen LogP contribution in [0.15, 0.2) is 22.8 Å². The van der Waals surface area contributed by atoms with Crippen LogP contribution in [0.2, 0.25) is 0 Å². The quantitative estimate of drug-likeness (QED) is 0.548. The highest BCUT2D eigenvalue weighted by Gasteiger charge is 2.33. The van der Waals surface area contributed by atoms with E-state index in [4.69, 9.17) is 11.6 Å². The Hall–Kier alpha value is -0.850. The van der Waals surface area contributed by atoms with Gasteiger partial charge in [-0.1, -0.05) is 51.3 Å². The zero-order valence-corrected chi connectivity index (χ0v) is 17.1. The summed E-state index contributed by atoms with van der Waals surface area (Å²) in [6.45, 7) is 7.87. The number of hydrogen-bond acceptors (Lipinski definition) is 3. The van der Waals surface area contributed by atoms with Crippen LogP contribution >= 0.6 is 11.6 Å². The Morgan fingerprint density at radius 2 is 1.80 bits per heavy atom. The molecule has 5 nitrogen and oxygen atoms in total. The van der Waals surface area contributed by atoms with Crippen LogP contribution in [-0.2, 0) is 14.8 Å². The van der Waals surface area contributed by atoms with Gasteiger partial charge in [-0.3, -0.25) is 4.79 Å². The molecule has 7 heteroatoms. The molecule has 25 heavy (non-hydrogen) atoms. The maximum absolute atomic E-state index is 12.7. The van der Waals surface area contributed by atoms with Crippen LogP contribution < -0.4 is 4.72 Å². The minimum atomic E-state index is -3.59. The first-order valence-electron chi connectivity index (χ1n) is 9.21. The van der Waals surface area contributed by atoms with E-state index in [0.29, 0.717) is 25.2 Å². The highest BCUT2D eigenvalue weighted by molar-refractivity contribution is 7.90. The number of amides is 1. The molecule has 0 saturated carbocycles. The molecular weight excluding hydrogens is 360 g/mol. The predicted molar refractivity (Wildman–Crippen MR) is 104 cm³/mol. The van der Waals surface area contributed by atoms with Crippen molar-refractivity contribution in [2.45, 2.75) is 64.5 Å². The Balaban J connectivity index is 2.83. The van der Waals surface area contributed by atoms with E-state index < -0.39 is 15.3 Å². The molecule has 0 aliphatic heterocycles. The van der Waals surface area contributed by atoms with Crippen LogP contribution in [0.3, 0.4) is 0 Å². The molecule has 0 radical (unpaired) electrons. The second-order valence-electron chi connectivity index (χ2n) is 6.37. The molecule has 1 aliphatic carbocycles. The fourth-order valence-electron chi connectivity index (χ4n) is 2.82. The predicted octanol–water partition coefficient (Wildman–Crippen LogP) is 3.57. The van der Waals surface area contributed by atoms with E-state index >= 15 is 0 Å². The van der Waals surface area contributed by atoms with Crippen LogP contribution in [0.4, 0.5) is 0 Å². The van der Waals surface area contributed by atoms with Crippen LogP contribution in [0, 0.1) is 0 Å². The molecule has 1 amide bonds. The van der Waals surface area contributed by atoms with Crippen molar-refractivity contribution in [3.63, 3.8) is 0 Å². The van der Waals surface area contributed by atoms with Crippen molar-refractivity contribution in [3.8, 4) is 0 Å². The second-order valence-corrected chi connectivity index (χ2v) is 8.76. The Morgan fingerprint density at radius 3 is 2.36 bits per heavy atom. The van der Waals surface area contributed by atoms with Crippen LogP contribution in [0.1, 0.15) is 59.3 Å². The molecule has 0 spiro atoms. The molecule has 1 aliphatic rings. The number of nitrogens with one attached hydrogen (secondary N) is 1. The largest absolute Gasteiger partial charge is 0.339 e. The summed E-state index contributed by atoms with van der Waals surface area (Å²) in [6, 6.07) is 0. The molecule has 0 aromatic heterocycles. The topological polar surface area (TPSA) is 66.5 Å². The number of rotatable bonds is 11. The van der Waals surface area contributed by atoms with E-state index in [2.05, 4.69) is 11.6 Å². The first kappa shape index (κ1) is 22.2. The molecule has 0 bridgehead atoms. The minimum absolute atomic E-state index is 0.0877. The fraction of sp³-hybridized carbons (Fsp3) is 0.722. The van der Waals surface area contributed by atoms with Gasteiger partial charge >= 0.3 is 0 Å². The molecule has 144 valence electrons. The number of nitrogens with zero attached hydrogens (tertiary/aromatic N) is 1. The Kier molecular flexibility index (Phi) is 9.75. The van der Waals surface area contributed by atoms with E-state index in [1.807, 2.05) is 13.8 Å².